The molecule has 0 heterocycles. The molecule has 0 saturated heterocycles. The van der Waals surface area contributed by atoms with Crippen LogP contribution in [0.15, 0.2) is 12.2 Å². The van der Waals surface area contributed by atoms with Gasteiger partial charge < -0.3 is 4.74 Å². The lowest BCUT2D eigenvalue weighted by molar-refractivity contribution is -0.0338. The van der Waals surface area contributed by atoms with E-state index in [-0.39, 0.29) is 0 Å². The molecule has 0 aliphatic heterocycles. The summed E-state index contributed by atoms with van der Waals surface area (Å²) in [5, 5.41) is 0. The summed E-state index contributed by atoms with van der Waals surface area (Å²) in [7, 11) is 0. The summed E-state index contributed by atoms with van der Waals surface area (Å²) in [6.07, 6.45) is 21.0. The summed E-state index contributed by atoms with van der Waals surface area (Å²) in [5.41, 5.74) is 0. The molecule has 25 heavy (non-hydrogen) atoms. The van der Waals surface area contributed by atoms with Crippen molar-refractivity contribution in [3.8, 4) is 0 Å². The van der Waals surface area contributed by atoms with Crippen molar-refractivity contribution in [2.45, 2.75) is 104 Å². The molecule has 0 radical (unpaired) electrons. The Kier molecular flexibility index (Phi) is 9.60. The Labute approximate surface area is 158 Å². The van der Waals surface area contributed by atoms with Crippen molar-refractivity contribution in [3.05, 3.63) is 12.2 Å². The zero-order chi connectivity index (χ0) is 18.1. The first kappa shape index (κ1) is 21.0. The van der Waals surface area contributed by atoms with Gasteiger partial charge in [-0.15, -0.1) is 0 Å². The van der Waals surface area contributed by atoms with Crippen LogP contribution in [0.4, 0.5) is 0 Å². The van der Waals surface area contributed by atoms with Gasteiger partial charge in [0.25, 0.3) is 0 Å². The van der Waals surface area contributed by atoms with Crippen LogP contribution in [-0.4, -0.2) is 12.7 Å². The van der Waals surface area contributed by atoms with Crippen LogP contribution in [0, 0.1) is 29.6 Å². The Bertz CT molecular complexity index is 366. The molecule has 0 N–H and O–H groups in total. The van der Waals surface area contributed by atoms with E-state index >= 15 is 0 Å². The minimum absolute atomic E-state index is 0.498. The molecule has 0 bridgehead atoms. The van der Waals surface area contributed by atoms with Gasteiger partial charge >= 0.3 is 0 Å². The fourth-order valence-corrected chi connectivity index (χ4v) is 5.04. The SMILES string of the molecule is CCCCCC1CCC(C=CC2CCC(OCCC)C(C)C2C)CC1. The molecule has 2 aliphatic rings. The summed E-state index contributed by atoms with van der Waals surface area (Å²) in [6.45, 7) is 10.3. The fraction of sp³-hybridized carbons (Fsp3) is 0.917. The maximum Gasteiger partial charge on any atom is 0.0603 e. The van der Waals surface area contributed by atoms with Gasteiger partial charge in [-0.1, -0.05) is 65.5 Å². The molecule has 0 aromatic heterocycles. The summed E-state index contributed by atoms with van der Waals surface area (Å²) in [4.78, 5) is 0. The van der Waals surface area contributed by atoms with Gasteiger partial charge in [-0.3, -0.25) is 0 Å². The van der Waals surface area contributed by atoms with Gasteiger partial charge in [0.05, 0.1) is 6.10 Å². The molecule has 1 nitrogen and oxygen atoms in total. The molecule has 2 saturated carbocycles. The molecule has 0 aromatic rings. The van der Waals surface area contributed by atoms with Crippen molar-refractivity contribution in [1.82, 2.24) is 0 Å². The van der Waals surface area contributed by atoms with Gasteiger partial charge in [-0.2, -0.15) is 0 Å². The Balaban J connectivity index is 1.71. The first-order valence-electron chi connectivity index (χ1n) is 11.5. The van der Waals surface area contributed by atoms with E-state index in [1.165, 1.54) is 64.2 Å². The van der Waals surface area contributed by atoms with Gasteiger partial charge in [0.1, 0.15) is 0 Å². The maximum absolute atomic E-state index is 6.09. The van der Waals surface area contributed by atoms with Gasteiger partial charge in [-0.25, -0.2) is 0 Å². The van der Waals surface area contributed by atoms with Crippen molar-refractivity contribution in [1.29, 1.82) is 0 Å². The molecule has 1 heteroatoms. The summed E-state index contributed by atoms with van der Waals surface area (Å²) < 4.78 is 6.09. The van der Waals surface area contributed by atoms with Crippen LogP contribution in [0.5, 0.6) is 0 Å². The molecule has 4 atom stereocenters. The van der Waals surface area contributed by atoms with Gasteiger partial charge in [0.15, 0.2) is 0 Å². The van der Waals surface area contributed by atoms with Gasteiger partial charge in [-0.05, 0) is 74.5 Å². The minimum atomic E-state index is 0.498. The molecule has 2 fully saturated rings. The second-order valence-electron chi connectivity index (χ2n) is 9.03. The second kappa shape index (κ2) is 11.4. The van der Waals surface area contributed by atoms with Crippen LogP contribution in [0.25, 0.3) is 0 Å². The van der Waals surface area contributed by atoms with E-state index in [9.17, 15) is 0 Å². The minimum Gasteiger partial charge on any atom is -0.378 e. The first-order chi connectivity index (χ1) is 12.2. The molecule has 2 aliphatic carbocycles. The van der Waals surface area contributed by atoms with Gasteiger partial charge in [0, 0.05) is 6.61 Å². The van der Waals surface area contributed by atoms with Crippen LogP contribution in [0.2, 0.25) is 0 Å². The van der Waals surface area contributed by atoms with Crippen LogP contribution in [0.1, 0.15) is 98.3 Å². The lowest BCUT2D eigenvalue weighted by atomic mass is 9.71. The number of ether oxygens (including phenoxy) is 1. The van der Waals surface area contributed by atoms with E-state index in [0.29, 0.717) is 12.0 Å². The Morgan fingerprint density at radius 3 is 2.24 bits per heavy atom. The number of hydrogen-bond donors (Lipinski definition) is 0. The van der Waals surface area contributed by atoms with Crippen molar-refractivity contribution >= 4 is 0 Å². The predicted molar refractivity (Wildman–Crippen MR) is 110 cm³/mol. The second-order valence-corrected chi connectivity index (χ2v) is 9.03. The first-order valence-corrected chi connectivity index (χ1v) is 11.5. The van der Waals surface area contributed by atoms with Crippen LogP contribution < -0.4 is 0 Å². The molecule has 2 rings (SSSR count). The highest BCUT2D eigenvalue weighted by atomic mass is 16.5. The molecule has 146 valence electrons. The highest BCUT2D eigenvalue weighted by Gasteiger charge is 2.33. The highest BCUT2D eigenvalue weighted by molar-refractivity contribution is 4.99. The maximum atomic E-state index is 6.09. The third kappa shape index (κ3) is 6.74. The number of hydrogen-bond acceptors (Lipinski definition) is 1. The lowest BCUT2D eigenvalue weighted by Crippen LogP contribution is -2.36. The van der Waals surface area contributed by atoms with Crippen LogP contribution >= 0.6 is 0 Å². The summed E-state index contributed by atoms with van der Waals surface area (Å²) in [6, 6.07) is 0. The highest BCUT2D eigenvalue weighted by Crippen LogP contribution is 2.38. The normalized spacial score (nSPS) is 36.8. The van der Waals surface area contributed by atoms with Crippen molar-refractivity contribution < 1.29 is 4.74 Å². The standard InChI is InChI=1S/C24H44O/c1-5-7-8-9-21-10-12-22(13-11-21)14-15-23-16-17-24(25-18-6-2)20(4)19(23)3/h14-15,19-24H,5-13,16-18H2,1-4H3. The summed E-state index contributed by atoms with van der Waals surface area (Å²) in [5.74, 6) is 4.13. The lowest BCUT2D eigenvalue weighted by Gasteiger charge is -2.39. The monoisotopic (exact) mass is 348 g/mol. The quantitative estimate of drug-likeness (QED) is 0.311. The number of rotatable bonds is 9. The van der Waals surface area contributed by atoms with E-state index in [1.807, 2.05) is 0 Å². The average molecular weight is 349 g/mol. The van der Waals surface area contributed by atoms with Crippen molar-refractivity contribution in [2.24, 2.45) is 29.6 Å². The average Bonchev–Trinajstić information content (AvgIpc) is 2.63. The fourth-order valence-electron chi connectivity index (χ4n) is 5.04. The smallest absolute Gasteiger partial charge is 0.0603 e. The molecule has 4 unspecified atom stereocenters. The van der Waals surface area contributed by atoms with Crippen LogP contribution in [0.3, 0.4) is 0 Å². The molecule has 0 spiro atoms. The van der Waals surface area contributed by atoms with E-state index < -0.39 is 0 Å². The van der Waals surface area contributed by atoms with Crippen LogP contribution in [-0.2, 0) is 4.74 Å². The predicted octanol–water partition coefficient (Wildman–Crippen LogP) is 7.41. The van der Waals surface area contributed by atoms with Gasteiger partial charge in [0.2, 0.25) is 0 Å². The van der Waals surface area contributed by atoms with E-state index in [4.69, 9.17) is 4.74 Å². The number of allylic oxidation sites excluding steroid dienone is 2. The van der Waals surface area contributed by atoms with Crippen molar-refractivity contribution in [3.63, 3.8) is 0 Å². The zero-order valence-electron chi connectivity index (χ0n) is 17.5. The molecule has 0 amide bonds. The van der Waals surface area contributed by atoms with E-state index in [0.717, 1.165) is 36.7 Å². The Morgan fingerprint density at radius 2 is 1.56 bits per heavy atom. The molecular weight excluding hydrogens is 304 g/mol. The number of unbranched alkanes of at least 4 members (excludes halogenated alkanes) is 2. The zero-order valence-corrected chi connectivity index (χ0v) is 17.5. The largest absolute Gasteiger partial charge is 0.378 e. The Hall–Kier alpha value is -0.300. The summed E-state index contributed by atoms with van der Waals surface area (Å²) >= 11 is 0. The third-order valence-electron chi connectivity index (χ3n) is 7.15. The third-order valence-corrected chi connectivity index (χ3v) is 7.15. The topological polar surface area (TPSA) is 9.23 Å². The Morgan fingerprint density at radius 1 is 0.800 bits per heavy atom. The van der Waals surface area contributed by atoms with E-state index in [1.54, 1.807) is 0 Å². The van der Waals surface area contributed by atoms with E-state index in [2.05, 4.69) is 39.8 Å². The van der Waals surface area contributed by atoms with Crippen molar-refractivity contribution in [2.75, 3.05) is 6.61 Å². The molecular formula is C24H44O. The molecule has 0 aromatic carbocycles.